The number of hydrogen-bond donors (Lipinski definition) is 1. The number of nitrogens with two attached hydrogens (primary N) is 1. The molecule has 0 saturated carbocycles. The number of benzene rings is 1. The molecule has 0 spiro atoms. The Balaban J connectivity index is 2.13. The lowest BCUT2D eigenvalue weighted by Crippen LogP contribution is -2.51. The number of hydrogen-bond acceptors (Lipinski definition) is 4. The van der Waals surface area contributed by atoms with Crippen LogP contribution in [-0.4, -0.2) is 49.8 Å². The van der Waals surface area contributed by atoms with Crippen molar-refractivity contribution in [3.05, 3.63) is 29.8 Å². The molecule has 0 aromatic heterocycles. The van der Waals surface area contributed by atoms with Crippen LogP contribution in [0.2, 0.25) is 0 Å². The third kappa shape index (κ3) is 3.24. The highest BCUT2D eigenvalue weighted by molar-refractivity contribution is 5.94. The van der Waals surface area contributed by atoms with E-state index < -0.39 is 0 Å². The minimum atomic E-state index is -0.0849. The smallest absolute Gasteiger partial charge is 0.254 e. The van der Waals surface area contributed by atoms with Crippen LogP contribution in [0.4, 0.5) is 0 Å². The maximum absolute atomic E-state index is 12.4. The van der Waals surface area contributed by atoms with Gasteiger partial charge in [0.25, 0.3) is 5.91 Å². The molecule has 1 aliphatic rings. The number of rotatable bonds is 3. The second-order valence-corrected chi connectivity index (χ2v) is 4.75. The second-order valence-electron chi connectivity index (χ2n) is 4.75. The zero-order chi connectivity index (χ0) is 13.8. The number of ether oxygens (including phenoxy) is 2. The van der Waals surface area contributed by atoms with E-state index in [-0.39, 0.29) is 18.1 Å². The Morgan fingerprint density at radius 2 is 2.32 bits per heavy atom. The topological polar surface area (TPSA) is 64.8 Å². The van der Waals surface area contributed by atoms with Gasteiger partial charge < -0.3 is 20.1 Å². The van der Waals surface area contributed by atoms with Crippen molar-refractivity contribution >= 4 is 5.91 Å². The molecule has 104 valence electrons. The first-order valence-corrected chi connectivity index (χ1v) is 6.43. The fourth-order valence-corrected chi connectivity index (χ4v) is 2.28. The largest absolute Gasteiger partial charge is 0.497 e. The molecule has 0 aliphatic carbocycles. The summed E-state index contributed by atoms with van der Waals surface area (Å²) in [6.07, 6.45) is -0.0739. The minimum absolute atomic E-state index is 0.00694. The van der Waals surface area contributed by atoms with Gasteiger partial charge in [0.1, 0.15) is 5.75 Å². The predicted octanol–water partition coefficient (Wildman–Crippen LogP) is 0.883. The van der Waals surface area contributed by atoms with Gasteiger partial charge in [-0.2, -0.15) is 0 Å². The Labute approximate surface area is 113 Å². The molecule has 1 aromatic rings. The summed E-state index contributed by atoms with van der Waals surface area (Å²) in [4.78, 5) is 14.2. The molecule has 1 fully saturated rings. The number of carbonyl (C=O) groups excluding carboxylic acids is 1. The maximum Gasteiger partial charge on any atom is 0.254 e. The first-order chi connectivity index (χ1) is 9.13. The lowest BCUT2D eigenvalue weighted by atomic mass is 10.1. The number of carbonyl (C=O) groups is 1. The summed E-state index contributed by atoms with van der Waals surface area (Å²) in [5.41, 5.74) is 6.26. The summed E-state index contributed by atoms with van der Waals surface area (Å²) in [5, 5.41) is 0. The van der Waals surface area contributed by atoms with E-state index in [1.165, 1.54) is 0 Å². The van der Waals surface area contributed by atoms with Gasteiger partial charge in [0.2, 0.25) is 0 Å². The molecule has 5 nitrogen and oxygen atoms in total. The van der Waals surface area contributed by atoms with E-state index in [4.69, 9.17) is 15.2 Å². The fourth-order valence-electron chi connectivity index (χ4n) is 2.28. The fraction of sp³-hybridized carbons (Fsp3) is 0.500. The summed E-state index contributed by atoms with van der Waals surface area (Å²) in [6, 6.07) is 7.18. The Morgan fingerprint density at radius 3 is 3.00 bits per heavy atom. The lowest BCUT2D eigenvalue weighted by Gasteiger charge is -2.36. The van der Waals surface area contributed by atoms with Crippen molar-refractivity contribution in [3.8, 4) is 5.75 Å². The number of nitrogens with zero attached hydrogens (tertiary/aromatic N) is 1. The van der Waals surface area contributed by atoms with E-state index in [0.717, 1.165) is 0 Å². The van der Waals surface area contributed by atoms with E-state index >= 15 is 0 Å². The number of methoxy groups -OCH3 is 1. The second kappa shape index (κ2) is 6.04. The van der Waals surface area contributed by atoms with Crippen molar-refractivity contribution in [2.24, 2.45) is 5.73 Å². The van der Waals surface area contributed by atoms with E-state index in [1.807, 2.05) is 19.1 Å². The Bertz CT molecular complexity index is 450. The van der Waals surface area contributed by atoms with Crippen molar-refractivity contribution in [1.29, 1.82) is 0 Å². The molecule has 2 atom stereocenters. The molecule has 1 amide bonds. The van der Waals surface area contributed by atoms with Gasteiger partial charge >= 0.3 is 0 Å². The van der Waals surface area contributed by atoms with Gasteiger partial charge in [-0.15, -0.1) is 0 Å². The van der Waals surface area contributed by atoms with Gasteiger partial charge in [0.05, 0.1) is 19.3 Å². The summed E-state index contributed by atoms with van der Waals surface area (Å²) >= 11 is 0. The monoisotopic (exact) mass is 264 g/mol. The first kappa shape index (κ1) is 13.8. The third-order valence-corrected chi connectivity index (χ3v) is 3.19. The van der Waals surface area contributed by atoms with Crippen molar-refractivity contribution in [2.45, 2.75) is 19.1 Å². The molecule has 1 aliphatic heterocycles. The van der Waals surface area contributed by atoms with Crippen molar-refractivity contribution in [3.63, 3.8) is 0 Å². The molecule has 0 bridgehead atoms. The Kier molecular flexibility index (Phi) is 4.39. The molecule has 0 radical (unpaired) electrons. The van der Waals surface area contributed by atoms with Crippen LogP contribution in [0.3, 0.4) is 0 Å². The number of amides is 1. The van der Waals surface area contributed by atoms with Gasteiger partial charge in [0, 0.05) is 25.2 Å². The third-order valence-electron chi connectivity index (χ3n) is 3.19. The molecular weight excluding hydrogens is 244 g/mol. The standard InChI is InChI=1S/C14H20N2O3/c1-10-8-16(9-13(7-15)19-10)14(17)11-4-3-5-12(6-11)18-2/h3-6,10,13H,7-9,15H2,1-2H3. The van der Waals surface area contributed by atoms with Gasteiger partial charge in [-0.05, 0) is 25.1 Å². The lowest BCUT2D eigenvalue weighted by molar-refractivity contribution is -0.0625. The van der Waals surface area contributed by atoms with Crippen molar-refractivity contribution in [1.82, 2.24) is 4.90 Å². The minimum Gasteiger partial charge on any atom is -0.497 e. The van der Waals surface area contributed by atoms with Crippen LogP contribution in [0.5, 0.6) is 5.75 Å². The molecule has 5 heteroatoms. The highest BCUT2D eigenvalue weighted by Gasteiger charge is 2.28. The molecule has 2 rings (SSSR count). The van der Waals surface area contributed by atoms with E-state index in [9.17, 15) is 4.79 Å². The van der Waals surface area contributed by atoms with Crippen LogP contribution >= 0.6 is 0 Å². The van der Waals surface area contributed by atoms with Crippen LogP contribution in [-0.2, 0) is 4.74 Å². The highest BCUT2D eigenvalue weighted by atomic mass is 16.5. The summed E-state index contributed by atoms with van der Waals surface area (Å²) in [5.74, 6) is 0.676. The van der Waals surface area contributed by atoms with E-state index in [1.54, 1.807) is 24.1 Å². The molecule has 1 aromatic carbocycles. The zero-order valence-corrected chi connectivity index (χ0v) is 11.3. The average Bonchev–Trinajstić information content (AvgIpc) is 2.45. The summed E-state index contributed by atoms with van der Waals surface area (Å²) < 4.78 is 10.8. The maximum atomic E-state index is 12.4. The van der Waals surface area contributed by atoms with Crippen molar-refractivity contribution in [2.75, 3.05) is 26.7 Å². The van der Waals surface area contributed by atoms with Gasteiger partial charge in [-0.3, -0.25) is 4.79 Å². The summed E-state index contributed by atoms with van der Waals surface area (Å²) in [6.45, 7) is 3.50. The van der Waals surface area contributed by atoms with E-state index in [2.05, 4.69) is 0 Å². The normalized spacial score (nSPS) is 23.2. The van der Waals surface area contributed by atoms with Gasteiger partial charge in [0.15, 0.2) is 0 Å². The highest BCUT2D eigenvalue weighted by Crippen LogP contribution is 2.17. The zero-order valence-electron chi connectivity index (χ0n) is 11.3. The molecule has 19 heavy (non-hydrogen) atoms. The number of morpholine rings is 1. The quantitative estimate of drug-likeness (QED) is 0.880. The molecule has 2 N–H and O–H groups in total. The van der Waals surface area contributed by atoms with Gasteiger partial charge in [-0.1, -0.05) is 6.07 Å². The van der Waals surface area contributed by atoms with Crippen molar-refractivity contribution < 1.29 is 14.3 Å². The van der Waals surface area contributed by atoms with Crippen LogP contribution in [0.1, 0.15) is 17.3 Å². The van der Waals surface area contributed by atoms with Crippen LogP contribution < -0.4 is 10.5 Å². The molecule has 2 unspecified atom stereocenters. The van der Waals surface area contributed by atoms with E-state index in [0.29, 0.717) is 30.9 Å². The molecular formula is C14H20N2O3. The predicted molar refractivity (Wildman–Crippen MR) is 72.3 cm³/mol. The van der Waals surface area contributed by atoms with Gasteiger partial charge in [-0.25, -0.2) is 0 Å². The summed E-state index contributed by atoms with van der Waals surface area (Å²) in [7, 11) is 1.59. The van der Waals surface area contributed by atoms with Crippen LogP contribution in [0, 0.1) is 0 Å². The Hall–Kier alpha value is -1.59. The van der Waals surface area contributed by atoms with Crippen LogP contribution in [0.25, 0.3) is 0 Å². The molecule has 1 saturated heterocycles. The van der Waals surface area contributed by atoms with Crippen LogP contribution in [0.15, 0.2) is 24.3 Å². The molecule has 1 heterocycles. The SMILES string of the molecule is COc1cccc(C(=O)N2CC(C)OC(CN)C2)c1. The Morgan fingerprint density at radius 1 is 1.53 bits per heavy atom. The average molecular weight is 264 g/mol. The first-order valence-electron chi connectivity index (χ1n) is 6.43.